The Morgan fingerprint density at radius 2 is 1.89 bits per heavy atom. The van der Waals surface area contributed by atoms with Gasteiger partial charge in [0.15, 0.2) is 0 Å². The molecule has 6 heteroatoms. The number of hydrogen-bond donors (Lipinski definition) is 1. The SMILES string of the molecule is CN(CC(C)(C)C)S(=O)(=O)c1ccc(Cl)cc1N. The Morgan fingerprint density at radius 3 is 2.33 bits per heavy atom. The molecule has 0 atom stereocenters. The number of halogens is 1. The zero-order valence-corrected chi connectivity index (χ0v) is 12.6. The van der Waals surface area contributed by atoms with Crippen LogP contribution in [0.2, 0.25) is 5.02 Å². The summed E-state index contributed by atoms with van der Waals surface area (Å²) in [6, 6.07) is 4.40. The van der Waals surface area contributed by atoms with E-state index in [1.165, 1.54) is 22.5 Å². The highest BCUT2D eigenvalue weighted by atomic mass is 35.5. The van der Waals surface area contributed by atoms with Gasteiger partial charge in [-0.15, -0.1) is 0 Å². The lowest BCUT2D eigenvalue weighted by atomic mass is 9.97. The van der Waals surface area contributed by atoms with Crippen molar-refractivity contribution in [1.29, 1.82) is 0 Å². The van der Waals surface area contributed by atoms with Crippen molar-refractivity contribution in [3.8, 4) is 0 Å². The fraction of sp³-hybridized carbons (Fsp3) is 0.500. The van der Waals surface area contributed by atoms with Crippen LogP contribution in [-0.2, 0) is 10.0 Å². The van der Waals surface area contributed by atoms with Crippen molar-refractivity contribution in [1.82, 2.24) is 4.31 Å². The molecule has 1 aromatic carbocycles. The Labute approximate surface area is 114 Å². The van der Waals surface area contributed by atoms with Crippen LogP contribution in [0.3, 0.4) is 0 Å². The minimum Gasteiger partial charge on any atom is -0.398 e. The fourth-order valence-corrected chi connectivity index (χ4v) is 3.35. The Hall–Kier alpha value is -0.780. The molecule has 0 fully saturated rings. The molecule has 0 aliphatic rings. The third-order valence-corrected chi connectivity index (χ3v) is 4.47. The van der Waals surface area contributed by atoms with Gasteiger partial charge < -0.3 is 5.73 Å². The lowest BCUT2D eigenvalue weighted by Gasteiger charge is -2.26. The summed E-state index contributed by atoms with van der Waals surface area (Å²) < 4.78 is 26.0. The molecule has 1 aromatic rings. The monoisotopic (exact) mass is 290 g/mol. The van der Waals surface area contributed by atoms with Crippen LogP contribution >= 0.6 is 11.6 Å². The molecule has 0 saturated heterocycles. The van der Waals surface area contributed by atoms with E-state index in [9.17, 15) is 8.42 Å². The summed E-state index contributed by atoms with van der Waals surface area (Å²) in [5.41, 5.74) is 5.77. The van der Waals surface area contributed by atoms with Gasteiger partial charge >= 0.3 is 0 Å². The molecule has 4 nitrogen and oxygen atoms in total. The molecule has 0 aliphatic carbocycles. The van der Waals surface area contributed by atoms with E-state index in [0.717, 1.165) is 0 Å². The van der Waals surface area contributed by atoms with Crippen molar-refractivity contribution < 1.29 is 8.42 Å². The van der Waals surface area contributed by atoms with Gasteiger partial charge in [-0.2, -0.15) is 0 Å². The molecule has 102 valence electrons. The summed E-state index contributed by atoms with van der Waals surface area (Å²) >= 11 is 5.76. The Balaban J connectivity index is 3.14. The van der Waals surface area contributed by atoms with E-state index in [4.69, 9.17) is 17.3 Å². The highest BCUT2D eigenvalue weighted by molar-refractivity contribution is 7.89. The Morgan fingerprint density at radius 1 is 1.33 bits per heavy atom. The molecule has 0 bridgehead atoms. The molecular formula is C12H19ClN2O2S. The second kappa shape index (κ2) is 5.07. The molecule has 0 heterocycles. The average Bonchev–Trinajstić information content (AvgIpc) is 2.13. The lowest BCUT2D eigenvalue weighted by Crippen LogP contribution is -2.34. The molecule has 0 aliphatic heterocycles. The normalized spacial score (nSPS) is 13.0. The molecule has 0 aromatic heterocycles. The van der Waals surface area contributed by atoms with E-state index >= 15 is 0 Å². The van der Waals surface area contributed by atoms with Crippen molar-refractivity contribution in [2.45, 2.75) is 25.7 Å². The van der Waals surface area contributed by atoms with Gasteiger partial charge in [0.25, 0.3) is 0 Å². The number of hydrogen-bond acceptors (Lipinski definition) is 3. The van der Waals surface area contributed by atoms with Crippen LogP contribution in [0.15, 0.2) is 23.1 Å². The minimum atomic E-state index is -3.57. The summed E-state index contributed by atoms with van der Waals surface area (Å²) in [6.45, 7) is 6.34. The van der Waals surface area contributed by atoms with Crippen molar-refractivity contribution in [2.75, 3.05) is 19.3 Å². The molecule has 0 spiro atoms. The molecule has 0 unspecified atom stereocenters. The zero-order chi connectivity index (χ0) is 14.1. The van der Waals surface area contributed by atoms with E-state index in [2.05, 4.69) is 0 Å². The molecule has 2 N–H and O–H groups in total. The summed E-state index contributed by atoms with van der Waals surface area (Å²) in [5, 5.41) is 0.421. The average molecular weight is 291 g/mol. The number of benzene rings is 1. The first kappa shape index (κ1) is 15.3. The van der Waals surface area contributed by atoms with E-state index in [1.54, 1.807) is 7.05 Å². The maximum atomic E-state index is 12.3. The predicted octanol–water partition coefficient (Wildman–Crippen LogP) is 2.59. The molecule has 0 saturated carbocycles. The van der Waals surface area contributed by atoms with Crippen molar-refractivity contribution in [3.05, 3.63) is 23.2 Å². The molecule has 18 heavy (non-hydrogen) atoms. The van der Waals surface area contributed by atoms with Gasteiger partial charge in [-0.25, -0.2) is 12.7 Å². The highest BCUT2D eigenvalue weighted by Crippen LogP contribution is 2.26. The Bertz CT molecular complexity index is 535. The second-order valence-electron chi connectivity index (χ2n) is 5.50. The topological polar surface area (TPSA) is 63.4 Å². The predicted molar refractivity (Wildman–Crippen MR) is 75.1 cm³/mol. The number of anilines is 1. The maximum Gasteiger partial charge on any atom is 0.244 e. The van der Waals surface area contributed by atoms with Crippen LogP contribution < -0.4 is 5.73 Å². The summed E-state index contributed by atoms with van der Waals surface area (Å²) in [6.07, 6.45) is 0. The van der Waals surface area contributed by atoms with E-state index < -0.39 is 10.0 Å². The van der Waals surface area contributed by atoms with Gasteiger partial charge in [0.2, 0.25) is 10.0 Å². The first-order valence-corrected chi connectivity index (χ1v) is 7.37. The van der Waals surface area contributed by atoms with Gasteiger partial charge in [-0.05, 0) is 23.6 Å². The quantitative estimate of drug-likeness (QED) is 0.870. The number of nitrogen functional groups attached to an aromatic ring is 1. The van der Waals surface area contributed by atoms with Gasteiger partial charge in [0, 0.05) is 18.6 Å². The van der Waals surface area contributed by atoms with Crippen molar-refractivity contribution >= 4 is 27.3 Å². The lowest BCUT2D eigenvalue weighted by molar-refractivity contribution is 0.311. The number of sulfonamides is 1. The summed E-state index contributed by atoms with van der Waals surface area (Å²) in [4.78, 5) is 0.0960. The smallest absolute Gasteiger partial charge is 0.244 e. The summed E-state index contributed by atoms with van der Waals surface area (Å²) in [5.74, 6) is 0. The molecule has 0 radical (unpaired) electrons. The van der Waals surface area contributed by atoms with Gasteiger partial charge in [-0.3, -0.25) is 0 Å². The summed E-state index contributed by atoms with van der Waals surface area (Å²) in [7, 11) is -2.02. The van der Waals surface area contributed by atoms with E-state index in [0.29, 0.717) is 11.6 Å². The number of nitrogens with two attached hydrogens (primary N) is 1. The third-order valence-electron chi connectivity index (χ3n) is 2.36. The third kappa shape index (κ3) is 3.60. The number of nitrogens with zero attached hydrogens (tertiary/aromatic N) is 1. The van der Waals surface area contributed by atoms with Crippen LogP contribution in [0.5, 0.6) is 0 Å². The van der Waals surface area contributed by atoms with Crippen LogP contribution in [0, 0.1) is 5.41 Å². The van der Waals surface area contributed by atoms with Crippen molar-refractivity contribution in [2.24, 2.45) is 5.41 Å². The molecule has 1 rings (SSSR count). The molecule has 0 amide bonds. The first-order valence-electron chi connectivity index (χ1n) is 5.55. The first-order chi connectivity index (χ1) is 8.04. The van der Waals surface area contributed by atoms with Crippen molar-refractivity contribution in [3.63, 3.8) is 0 Å². The molecular weight excluding hydrogens is 272 g/mol. The highest BCUT2D eigenvalue weighted by Gasteiger charge is 2.26. The van der Waals surface area contributed by atoms with E-state index in [1.807, 2.05) is 20.8 Å². The second-order valence-corrected chi connectivity index (χ2v) is 7.95. The van der Waals surface area contributed by atoms with Crippen LogP contribution in [0.25, 0.3) is 0 Å². The van der Waals surface area contributed by atoms with Gasteiger partial charge in [0.1, 0.15) is 4.90 Å². The van der Waals surface area contributed by atoms with Crippen LogP contribution in [-0.4, -0.2) is 26.3 Å². The maximum absolute atomic E-state index is 12.3. The largest absolute Gasteiger partial charge is 0.398 e. The standard InChI is InChI=1S/C12H19ClN2O2S/c1-12(2,3)8-15(4)18(16,17)11-6-5-9(13)7-10(11)14/h5-7H,8,14H2,1-4H3. The Kier molecular flexibility index (Phi) is 4.30. The van der Waals surface area contributed by atoms with Gasteiger partial charge in [-0.1, -0.05) is 32.4 Å². The van der Waals surface area contributed by atoms with Crippen LogP contribution in [0.4, 0.5) is 5.69 Å². The zero-order valence-electron chi connectivity index (χ0n) is 11.1. The van der Waals surface area contributed by atoms with Crippen LogP contribution in [0.1, 0.15) is 20.8 Å². The van der Waals surface area contributed by atoms with E-state index in [-0.39, 0.29) is 16.0 Å². The van der Waals surface area contributed by atoms with Gasteiger partial charge in [0.05, 0.1) is 5.69 Å². The minimum absolute atomic E-state index is 0.0960. The fourth-order valence-electron chi connectivity index (χ4n) is 1.68. The number of rotatable bonds is 3.